The number of fused-ring (bicyclic) bond motifs is 3. The lowest BCUT2D eigenvalue weighted by molar-refractivity contribution is -0.0190. The average molecular weight is 369 g/mol. The van der Waals surface area contributed by atoms with E-state index < -0.39 is 0 Å². The highest BCUT2D eigenvalue weighted by Crippen LogP contribution is 2.47. The van der Waals surface area contributed by atoms with Crippen LogP contribution in [0.5, 0.6) is 5.75 Å². The summed E-state index contributed by atoms with van der Waals surface area (Å²) < 4.78 is 6.34. The molecular formula is C22H25ClN2O. The molecule has 2 atom stereocenters. The van der Waals surface area contributed by atoms with E-state index in [4.69, 9.17) is 21.4 Å². The van der Waals surface area contributed by atoms with Crippen LogP contribution in [0.25, 0.3) is 0 Å². The van der Waals surface area contributed by atoms with Crippen LogP contribution in [0.3, 0.4) is 0 Å². The molecule has 2 aromatic rings. The first-order chi connectivity index (χ1) is 12.8. The highest BCUT2D eigenvalue weighted by atomic mass is 35.5. The monoisotopic (exact) mass is 368 g/mol. The van der Waals surface area contributed by atoms with Crippen molar-refractivity contribution in [3.8, 4) is 5.75 Å². The van der Waals surface area contributed by atoms with Crippen molar-refractivity contribution in [2.24, 2.45) is 5.10 Å². The van der Waals surface area contributed by atoms with Crippen molar-refractivity contribution < 1.29 is 4.74 Å². The zero-order valence-electron chi connectivity index (χ0n) is 15.2. The quantitative estimate of drug-likeness (QED) is 0.543. The largest absolute Gasteiger partial charge is 0.464 e. The number of halogens is 1. The summed E-state index contributed by atoms with van der Waals surface area (Å²) in [7, 11) is 0. The van der Waals surface area contributed by atoms with Crippen molar-refractivity contribution in [2.45, 2.75) is 57.7 Å². The van der Waals surface area contributed by atoms with Gasteiger partial charge in [-0.15, -0.1) is 0 Å². The summed E-state index contributed by atoms with van der Waals surface area (Å²) in [5, 5.41) is 7.87. The predicted molar refractivity (Wildman–Crippen MR) is 107 cm³/mol. The first kappa shape index (κ1) is 17.4. The molecule has 0 amide bonds. The smallest absolute Gasteiger partial charge is 0.213 e. The molecule has 4 heteroatoms. The van der Waals surface area contributed by atoms with E-state index in [9.17, 15) is 0 Å². The number of nitrogens with zero attached hydrogens (tertiary/aromatic N) is 2. The van der Waals surface area contributed by atoms with Crippen LogP contribution in [-0.4, -0.2) is 10.7 Å². The maximum absolute atomic E-state index is 6.34. The summed E-state index contributed by atoms with van der Waals surface area (Å²) in [4.78, 5) is 0. The van der Waals surface area contributed by atoms with Crippen molar-refractivity contribution in [1.82, 2.24) is 5.01 Å². The van der Waals surface area contributed by atoms with Crippen molar-refractivity contribution >= 4 is 17.3 Å². The van der Waals surface area contributed by atoms with Crippen LogP contribution in [0.1, 0.15) is 68.8 Å². The minimum atomic E-state index is -0.194. The molecule has 0 fully saturated rings. The Bertz CT molecular complexity index is 787. The molecule has 0 spiro atoms. The summed E-state index contributed by atoms with van der Waals surface area (Å²) in [6, 6.07) is 16.5. The minimum Gasteiger partial charge on any atom is -0.464 e. The van der Waals surface area contributed by atoms with Crippen molar-refractivity contribution in [2.75, 3.05) is 0 Å². The molecule has 2 aliphatic rings. The van der Waals surface area contributed by atoms with E-state index in [2.05, 4.69) is 30.1 Å². The number of benzene rings is 2. The van der Waals surface area contributed by atoms with Gasteiger partial charge in [0.05, 0.1) is 6.04 Å². The molecule has 0 N–H and O–H groups in total. The van der Waals surface area contributed by atoms with Gasteiger partial charge >= 0.3 is 0 Å². The third-order valence-corrected chi connectivity index (χ3v) is 5.49. The summed E-state index contributed by atoms with van der Waals surface area (Å²) in [6.45, 7) is 2.25. The van der Waals surface area contributed by atoms with Crippen LogP contribution in [0.2, 0.25) is 5.02 Å². The molecule has 2 heterocycles. The second-order valence-electron chi connectivity index (χ2n) is 7.14. The molecule has 0 radical (unpaired) electrons. The number of rotatable bonds is 6. The van der Waals surface area contributed by atoms with E-state index >= 15 is 0 Å². The molecule has 2 aliphatic heterocycles. The molecule has 0 saturated heterocycles. The number of hydrazone groups is 1. The van der Waals surface area contributed by atoms with E-state index in [-0.39, 0.29) is 12.3 Å². The van der Waals surface area contributed by atoms with E-state index in [0.717, 1.165) is 29.2 Å². The van der Waals surface area contributed by atoms with Gasteiger partial charge in [0.15, 0.2) is 0 Å². The predicted octanol–water partition coefficient (Wildman–Crippen LogP) is 6.50. The molecule has 3 nitrogen and oxygen atoms in total. The summed E-state index contributed by atoms with van der Waals surface area (Å²) in [6.07, 6.45) is 6.97. The van der Waals surface area contributed by atoms with Crippen LogP contribution < -0.4 is 4.74 Å². The van der Waals surface area contributed by atoms with Crippen molar-refractivity contribution in [1.29, 1.82) is 0 Å². The fourth-order valence-electron chi connectivity index (χ4n) is 3.85. The van der Waals surface area contributed by atoms with E-state index in [1.807, 2.05) is 30.3 Å². The van der Waals surface area contributed by atoms with Crippen LogP contribution in [0.4, 0.5) is 0 Å². The van der Waals surface area contributed by atoms with Crippen LogP contribution in [0, 0.1) is 0 Å². The van der Waals surface area contributed by atoms with Crippen LogP contribution in [0.15, 0.2) is 53.6 Å². The molecule has 2 aromatic carbocycles. The fourth-order valence-corrected chi connectivity index (χ4v) is 3.98. The molecule has 26 heavy (non-hydrogen) atoms. The van der Waals surface area contributed by atoms with Gasteiger partial charge in [-0.3, -0.25) is 0 Å². The van der Waals surface area contributed by atoms with E-state index in [1.165, 1.54) is 37.0 Å². The lowest BCUT2D eigenvalue weighted by Gasteiger charge is -2.38. The number of ether oxygens (including phenoxy) is 1. The Hall–Kier alpha value is -2.00. The maximum Gasteiger partial charge on any atom is 0.213 e. The number of hydrogen-bond acceptors (Lipinski definition) is 3. The molecular weight excluding hydrogens is 344 g/mol. The SMILES string of the molecule is CCCCCCC1=NN2C(C1)c1ccccc1OC2c1ccc(Cl)cc1. The molecule has 0 saturated carbocycles. The third-order valence-electron chi connectivity index (χ3n) is 5.24. The second-order valence-corrected chi connectivity index (χ2v) is 7.57. The fraction of sp³-hybridized carbons (Fsp3) is 0.409. The zero-order chi connectivity index (χ0) is 17.9. The van der Waals surface area contributed by atoms with Crippen LogP contribution >= 0.6 is 11.6 Å². The van der Waals surface area contributed by atoms with Gasteiger partial charge in [0.2, 0.25) is 6.23 Å². The molecule has 0 aromatic heterocycles. The van der Waals surface area contributed by atoms with Crippen molar-refractivity contribution in [3.05, 3.63) is 64.7 Å². The van der Waals surface area contributed by atoms with Gasteiger partial charge in [-0.25, -0.2) is 5.01 Å². The number of hydrogen-bond donors (Lipinski definition) is 0. The Balaban J connectivity index is 1.60. The topological polar surface area (TPSA) is 24.8 Å². The first-order valence-corrected chi connectivity index (χ1v) is 10.00. The van der Waals surface area contributed by atoms with Gasteiger partial charge in [0, 0.05) is 28.3 Å². The third kappa shape index (κ3) is 3.45. The van der Waals surface area contributed by atoms with Crippen molar-refractivity contribution in [3.63, 3.8) is 0 Å². The molecule has 0 aliphatic carbocycles. The Morgan fingerprint density at radius 2 is 1.88 bits per heavy atom. The Morgan fingerprint density at radius 1 is 1.08 bits per heavy atom. The summed E-state index contributed by atoms with van der Waals surface area (Å²) in [5.74, 6) is 0.969. The Kier molecular flexibility index (Phi) is 5.16. The molecule has 2 unspecified atom stereocenters. The Morgan fingerprint density at radius 3 is 2.69 bits per heavy atom. The van der Waals surface area contributed by atoms with Gasteiger partial charge in [0.25, 0.3) is 0 Å². The lowest BCUT2D eigenvalue weighted by Crippen LogP contribution is -2.33. The lowest BCUT2D eigenvalue weighted by atomic mass is 9.96. The zero-order valence-corrected chi connectivity index (χ0v) is 16.0. The van der Waals surface area contributed by atoms with Gasteiger partial charge in [-0.1, -0.05) is 68.1 Å². The molecule has 4 rings (SSSR count). The number of unbranched alkanes of at least 4 members (excludes halogenated alkanes) is 3. The van der Waals surface area contributed by atoms with Gasteiger partial charge < -0.3 is 4.74 Å². The van der Waals surface area contributed by atoms with Crippen LogP contribution in [-0.2, 0) is 0 Å². The van der Waals surface area contributed by atoms with E-state index in [0.29, 0.717) is 0 Å². The molecule has 0 bridgehead atoms. The summed E-state index contributed by atoms with van der Waals surface area (Å²) >= 11 is 6.07. The number of para-hydroxylation sites is 1. The Labute approximate surface area is 160 Å². The highest BCUT2D eigenvalue weighted by molar-refractivity contribution is 6.30. The molecule has 136 valence electrons. The maximum atomic E-state index is 6.34. The second kappa shape index (κ2) is 7.71. The van der Waals surface area contributed by atoms with Gasteiger partial charge in [0.1, 0.15) is 5.75 Å². The minimum absolute atomic E-state index is 0.194. The first-order valence-electron chi connectivity index (χ1n) is 9.62. The van der Waals surface area contributed by atoms with Gasteiger partial charge in [-0.05, 0) is 31.0 Å². The van der Waals surface area contributed by atoms with E-state index in [1.54, 1.807) is 0 Å². The normalized spacial score (nSPS) is 21.0. The standard InChI is InChI=1S/C22H25ClN2O/c1-2-3-4-5-8-18-15-20-19-9-6-7-10-21(19)26-22(25(20)24-18)16-11-13-17(23)14-12-16/h6-7,9-14,20,22H,2-5,8,15H2,1H3. The highest BCUT2D eigenvalue weighted by Gasteiger charge is 2.40. The summed E-state index contributed by atoms with van der Waals surface area (Å²) in [5.41, 5.74) is 3.63. The van der Waals surface area contributed by atoms with Gasteiger partial charge in [-0.2, -0.15) is 5.10 Å². The average Bonchev–Trinajstić information content (AvgIpc) is 3.10.